The summed E-state index contributed by atoms with van der Waals surface area (Å²) in [6.07, 6.45) is -0.674. The van der Waals surface area contributed by atoms with Crippen molar-refractivity contribution in [1.29, 1.82) is 0 Å². The number of rotatable bonds is 5. The Balaban J connectivity index is 2.86. The molecule has 0 saturated carbocycles. The van der Waals surface area contributed by atoms with E-state index >= 15 is 0 Å². The Morgan fingerprint density at radius 1 is 1.56 bits per heavy atom. The van der Waals surface area contributed by atoms with E-state index in [4.69, 9.17) is 10.8 Å². The van der Waals surface area contributed by atoms with Crippen LogP contribution in [-0.4, -0.2) is 53.5 Å². The van der Waals surface area contributed by atoms with E-state index in [0.29, 0.717) is 0 Å². The highest BCUT2D eigenvalue weighted by Gasteiger charge is 2.41. The number of carbonyl (C=O) groups excluding carboxylic acids is 3. The Labute approximate surface area is 103 Å². The lowest BCUT2D eigenvalue weighted by molar-refractivity contribution is -0.155. The van der Waals surface area contributed by atoms with Gasteiger partial charge in [-0.05, 0) is 0 Å². The first-order valence-corrected chi connectivity index (χ1v) is 5.25. The third-order valence-electron chi connectivity index (χ3n) is 2.78. The summed E-state index contributed by atoms with van der Waals surface area (Å²) in [6.45, 7) is -0.0544. The number of hydrogen-bond acceptors (Lipinski definition) is 5. The molecule has 1 aliphatic heterocycles. The van der Waals surface area contributed by atoms with Gasteiger partial charge in [-0.1, -0.05) is 0 Å². The number of methoxy groups -OCH3 is 1. The molecule has 3 N–H and O–H groups in total. The van der Waals surface area contributed by atoms with Crippen LogP contribution in [0.5, 0.6) is 0 Å². The Morgan fingerprint density at radius 3 is 2.56 bits per heavy atom. The van der Waals surface area contributed by atoms with Crippen LogP contribution in [0.4, 0.5) is 0 Å². The number of nitrogens with zero attached hydrogens (tertiary/aromatic N) is 1. The van der Waals surface area contributed by atoms with Gasteiger partial charge in [0.25, 0.3) is 0 Å². The minimum absolute atomic E-state index is 0.0544. The summed E-state index contributed by atoms with van der Waals surface area (Å²) in [7, 11) is 1.10. The fraction of sp³-hybridized carbons (Fsp3) is 0.600. The lowest BCUT2D eigenvalue weighted by atomic mass is 10.1. The summed E-state index contributed by atoms with van der Waals surface area (Å²) in [6, 6.07) is -1.22. The van der Waals surface area contributed by atoms with Crippen LogP contribution in [0.15, 0.2) is 0 Å². The maximum absolute atomic E-state index is 11.6. The molecule has 1 aliphatic rings. The number of carboxylic acid groups (broad SMARTS) is 1. The van der Waals surface area contributed by atoms with Crippen LogP contribution in [-0.2, 0) is 23.9 Å². The standard InChI is InChI=1S/C10H14N2O6/c1-18-10(17)6(3-8(14)15)12-4-5(9(11)16)2-7(12)13/h5-6H,2-4H2,1H3,(H2,11,16)(H,14,15)/t5?,6-/m1/s1. The number of ether oxygens (including phenoxy) is 1. The van der Waals surface area contributed by atoms with Crippen LogP contribution in [0.3, 0.4) is 0 Å². The van der Waals surface area contributed by atoms with Crippen molar-refractivity contribution >= 4 is 23.8 Å². The minimum Gasteiger partial charge on any atom is -0.481 e. The number of carbonyl (C=O) groups is 4. The molecule has 0 aromatic carbocycles. The fourth-order valence-corrected chi connectivity index (χ4v) is 1.85. The molecule has 0 spiro atoms. The summed E-state index contributed by atoms with van der Waals surface area (Å²) in [5.74, 6) is -3.88. The largest absolute Gasteiger partial charge is 0.481 e. The molecule has 8 nitrogen and oxygen atoms in total. The van der Waals surface area contributed by atoms with Gasteiger partial charge in [-0.15, -0.1) is 0 Å². The summed E-state index contributed by atoms with van der Waals surface area (Å²) < 4.78 is 4.46. The number of esters is 1. The maximum atomic E-state index is 11.6. The number of aliphatic carboxylic acids is 1. The highest BCUT2D eigenvalue weighted by atomic mass is 16.5. The van der Waals surface area contributed by atoms with Crippen LogP contribution in [0.1, 0.15) is 12.8 Å². The van der Waals surface area contributed by atoms with Crippen molar-refractivity contribution in [2.75, 3.05) is 13.7 Å². The van der Waals surface area contributed by atoms with Crippen molar-refractivity contribution in [1.82, 2.24) is 4.90 Å². The van der Waals surface area contributed by atoms with Gasteiger partial charge in [-0.2, -0.15) is 0 Å². The van der Waals surface area contributed by atoms with Gasteiger partial charge < -0.3 is 20.5 Å². The molecule has 1 saturated heterocycles. The molecule has 0 radical (unpaired) electrons. The quantitative estimate of drug-likeness (QED) is 0.568. The van der Waals surface area contributed by atoms with Gasteiger partial charge >= 0.3 is 11.9 Å². The van der Waals surface area contributed by atoms with Crippen molar-refractivity contribution in [2.24, 2.45) is 11.7 Å². The van der Waals surface area contributed by atoms with Crippen LogP contribution in [0.25, 0.3) is 0 Å². The van der Waals surface area contributed by atoms with Crippen molar-refractivity contribution < 1.29 is 29.0 Å². The minimum atomic E-state index is -1.24. The van der Waals surface area contributed by atoms with Gasteiger partial charge in [0.15, 0.2) is 0 Å². The van der Waals surface area contributed by atoms with Crippen molar-refractivity contribution in [2.45, 2.75) is 18.9 Å². The molecule has 0 aliphatic carbocycles. The number of likely N-dealkylation sites (tertiary alicyclic amines) is 1. The van der Waals surface area contributed by atoms with Gasteiger partial charge in [-0.25, -0.2) is 4.79 Å². The molecule has 2 atom stereocenters. The van der Waals surface area contributed by atoms with Gasteiger partial charge in [-0.3, -0.25) is 14.4 Å². The first-order valence-electron chi connectivity index (χ1n) is 5.25. The first kappa shape index (κ1) is 13.9. The predicted molar refractivity (Wildman–Crippen MR) is 57.1 cm³/mol. The second-order valence-corrected chi connectivity index (χ2v) is 3.99. The topological polar surface area (TPSA) is 127 Å². The highest BCUT2D eigenvalue weighted by Crippen LogP contribution is 2.22. The van der Waals surface area contributed by atoms with Crippen LogP contribution >= 0.6 is 0 Å². The van der Waals surface area contributed by atoms with Crippen LogP contribution in [0, 0.1) is 5.92 Å². The molecule has 100 valence electrons. The molecule has 0 aromatic heterocycles. The van der Waals surface area contributed by atoms with Gasteiger partial charge in [0.1, 0.15) is 6.04 Å². The van der Waals surface area contributed by atoms with Gasteiger partial charge in [0.2, 0.25) is 11.8 Å². The second kappa shape index (κ2) is 5.48. The molecular formula is C10H14N2O6. The molecule has 1 rings (SSSR count). The van der Waals surface area contributed by atoms with E-state index in [1.54, 1.807) is 0 Å². The molecular weight excluding hydrogens is 244 g/mol. The van der Waals surface area contributed by atoms with Crippen LogP contribution < -0.4 is 5.73 Å². The Morgan fingerprint density at radius 2 is 2.17 bits per heavy atom. The third kappa shape index (κ3) is 2.96. The summed E-state index contributed by atoms with van der Waals surface area (Å²) in [4.78, 5) is 45.8. The van der Waals surface area contributed by atoms with Crippen molar-refractivity contribution in [3.8, 4) is 0 Å². The second-order valence-electron chi connectivity index (χ2n) is 3.99. The Kier molecular flexibility index (Phi) is 4.24. The molecule has 18 heavy (non-hydrogen) atoms. The van der Waals surface area contributed by atoms with E-state index in [9.17, 15) is 19.2 Å². The Bertz CT molecular complexity index is 394. The number of amides is 2. The number of primary amides is 1. The molecule has 1 unspecified atom stereocenters. The van der Waals surface area contributed by atoms with Gasteiger partial charge in [0.05, 0.1) is 19.4 Å². The Hall–Kier alpha value is -2.12. The first-order chi connectivity index (χ1) is 8.36. The number of nitrogens with two attached hydrogens (primary N) is 1. The van der Waals surface area contributed by atoms with E-state index in [2.05, 4.69) is 4.74 Å². The molecule has 8 heteroatoms. The smallest absolute Gasteiger partial charge is 0.329 e. The fourth-order valence-electron chi connectivity index (χ4n) is 1.85. The molecule has 0 aromatic rings. The number of carboxylic acids is 1. The monoisotopic (exact) mass is 258 g/mol. The zero-order valence-electron chi connectivity index (χ0n) is 9.79. The van der Waals surface area contributed by atoms with Gasteiger partial charge in [0, 0.05) is 13.0 Å². The summed E-state index contributed by atoms with van der Waals surface area (Å²) in [5, 5.41) is 8.71. The maximum Gasteiger partial charge on any atom is 0.329 e. The molecule has 1 heterocycles. The van der Waals surface area contributed by atoms with Crippen LogP contribution in [0.2, 0.25) is 0 Å². The van der Waals surface area contributed by atoms with E-state index in [0.717, 1.165) is 12.0 Å². The zero-order chi connectivity index (χ0) is 13.9. The van der Waals surface area contributed by atoms with E-state index in [1.807, 2.05) is 0 Å². The average Bonchev–Trinajstić information content (AvgIpc) is 2.67. The van der Waals surface area contributed by atoms with E-state index in [1.165, 1.54) is 0 Å². The molecule has 1 fully saturated rings. The zero-order valence-corrected chi connectivity index (χ0v) is 9.79. The third-order valence-corrected chi connectivity index (χ3v) is 2.78. The average molecular weight is 258 g/mol. The lowest BCUT2D eigenvalue weighted by Crippen LogP contribution is -2.44. The normalized spacial score (nSPS) is 20.6. The van der Waals surface area contributed by atoms with Crippen molar-refractivity contribution in [3.63, 3.8) is 0 Å². The SMILES string of the molecule is COC(=O)[C@@H](CC(=O)O)N1CC(C(N)=O)CC1=O. The molecule has 2 amide bonds. The van der Waals surface area contributed by atoms with E-state index < -0.39 is 42.1 Å². The van der Waals surface area contributed by atoms with Crippen molar-refractivity contribution in [3.05, 3.63) is 0 Å². The summed E-state index contributed by atoms with van der Waals surface area (Å²) in [5.41, 5.74) is 5.08. The predicted octanol–water partition coefficient (Wildman–Crippen LogP) is -1.66. The molecule has 0 bridgehead atoms. The van der Waals surface area contributed by atoms with E-state index in [-0.39, 0.29) is 13.0 Å². The number of hydrogen-bond donors (Lipinski definition) is 2. The highest BCUT2D eigenvalue weighted by molar-refractivity contribution is 5.92. The summed E-state index contributed by atoms with van der Waals surface area (Å²) >= 11 is 0. The lowest BCUT2D eigenvalue weighted by Gasteiger charge is -2.24.